The van der Waals surface area contributed by atoms with Gasteiger partial charge in [0.2, 0.25) is 5.91 Å². The maximum atomic E-state index is 12.5. The molecular formula is C27H34N4OS. The van der Waals surface area contributed by atoms with Crippen LogP contribution in [0.4, 0.5) is 5.69 Å². The van der Waals surface area contributed by atoms with Crippen molar-refractivity contribution in [2.75, 3.05) is 11.1 Å². The monoisotopic (exact) mass is 462 g/mol. The summed E-state index contributed by atoms with van der Waals surface area (Å²) in [5.74, 6) is 1.48. The molecule has 1 heterocycles. The van der Waals surface area contributed by atoms with E-state index in [1.54, 1.807) is 0 Å². The van der Waals surface area contributed by atoms with Crippen LogP contribution in [0.1, 0.15) is 58.1 Å². The number of thioether (sulfide) groups is 1. The second kappa shape index (κ2) is 10.8. The van der Waals surface area contributed by atoms with Gasteiger partial charge in [0, 0.05) is 17.8 Å². The molecule has 3 rings (SSSR count). The predicted octanol–water partition coefficient (Wildman–Crippen LogP) is 6.67. The van der Waals surface area contributed by atoms with Crippen LogP contribution in [0, 0.1) is 0 Å². The van der Waals surface area contributed by atoms with Crippen LogP contribution in [0.25, 0.3) is 11.4 Å². The lowest BCUT2D eigenvalue weighted by Gasteiger charge is -2.19. The van der Waals surface area contributed by atoms with Crippen molar-refractivity contribution in [1.29, 1.82) is 0 Å². The first-order chi connectivity index (χ1) is 15.7. The summed E-state index contributed by atoms with van der Waals surface area (Å²) >= 11 is 1.38. The van der Waals surface area contributed by atoms with Gasteiger partial charge >= 0.3 is 0 Å². The minimum absolute atomic E-state index is 0.0690. The van der Waals surface area contributed by atoms with Crippen LogP contribution in [-0.4, -0.2) is 26.4 Å². The third-order valence-corrected chi connectivity index (χ3v) is 6.71. The number of benzene rings is 2. The zero-order valence-electron chi connectivity index (χ0n) is 20.3. The molecule has 0 fully saturated rings. The molecule has 2 aromatic carbocycles. The lowest BCUT2D eigenvalue weighted by atomic mass is 9.87. The Bertz CT molecular complexity index is 1080. The van der Waals surface area contributed by atoms with E-state index in [2.05, 4.69) is 93.1 Å². The highest BCUT2D eigenvalue weighted by Gasteiger charge is 2.17. The summed E-state index contributed by atoms with van der Waals surface area (Å²) in [4.78, 5) is 12.5. The van der Waals surface area contributed by atoms with Gasteiger partial charge in [-0.1, -0.05) is 88.9 Å². The molecule has 0 unspecified atom stereocenters. The van der Waals surface area contributed by atoms with Crippen LogP contribution in [0.15, 0.2) is 66.3 Å². The van der Waals surface area contributed by atoms with E-state index in [1.165, 1.54) is 22.9 Å². The van der Waals surface area contributed by atoms with Gasteiger partial charge in [0.05, 0.1) is 5.75 Å². The Morgan fingerprint density at radius 2 is 1.79 bits per heavy atom. The fraction of sp³-hybridized carbons (Fsp3) is 0.370. The molecule has 1 amide bonds. The SMILES string of the molecule is C=CCn1c(SCC(=O)Nc2ccc([C@@H](C)CC)cc2)nnc1-c1ccc(C(C)(C)C)cc1. The highest BCUT2D eigenvalue weighted by Crippen LogP contribution is 2.28. The Balaban J connectivity index is 1.68. The smallest absolute Gasteiger partial charge is 0.234 e. The first kappa shape index (κ1) is 24.8. The molecule has 0 radical (unpaired) electrons. The van der Waals surface area contributed by atoms with Crippen molar-refractivity contribution < 1.29 is 4.79 Å². The Morgan fingerprint density at radius 3 is 2.36 bits per heavy atom. The highest BCUT2D eigenvalue weighted by molar-refractivity contribution is 7.99. The Hall–Kier alpha value is -2.86. The normalized spacial score (nSPS) is 12.4. The second-order valence-electron chi connectivity index (χ2n) is 9.30. The van der Waals surface area contributed by atoms with Crippen molar-refractivity contribution in [2.24, 2.45) is 0 Å². The summed E-state index contributed by atoms with van der Waals surface area (Å²) < 4.78 is 2.00. The lowest BCUT2D eigenvalue weighted by Crippen LogP contribution is -2.14. The van der Waals surface area contributed by atoms with Crippen LogP contribution in [0.2, 0.25) is 0 Å². The summed E-state index contributed by atoms with van der Waals surface area (Å²) in [6.45, 7) is 15.4. The van der Waals surface area contributed by atoms with Crippen molar-refractivity contribution in [3.63, 3.8) is 0 Å². The molecule has 0 aliphatic heterocycles. The third-order valence-electron chi connectivity index (χ3n) is 5.75. The van der Waals surface area contributed by atoms with E-state index in [-0.39, 0.29) is 17.1 Å². The highest BCUT2D eigenvalue weighted by atomic mass is 32.2. The molecule has 1 aromatic heterocycles. The molecule has 0 bridgehead atoms. The summed E-state index contributed by atoms with van der Waals surface area (Å²) in [5, 5.41) is 12.4. The molecule has 174 valence electrons. The fourth-order valence-corrected chi connectivity index (χ4v) is 4.23. The molecule has 1 atom stereocenters. The molecule has 0 aliphatic carbocycles. The van der Waals surface area contributed by atoms with E-state index < -0.39 is 0 Å². The summed E-state index contributed by atoms with van der Waals surface area (Å²) in [7, 11) is 0. The minimum Gasteiger partial charge on any atom is -0.325 e. The molecule has 5 nitrogen and oxygen atoms in total. The van der Waals surface area contributed by atoms with Crippen LogP contribution >= 0.6 is 11.8 Å². The molecular weight excluding hydrogens is 428 g/mol. The number of hydrogen-bond acceptors (Lipinski definition) is 4. The quantitative estimate of drug-likeness (QED) is 0.285. The molecule has 0 spiro atoms. The molecule has 3 aromatic rings. The van der Waals surface area contributed by atoms with Gasteiger partial charge in [0.1, 0.15) is 0 Å². The number of hydrogen-bond donors (Lipinski definition) is 1. The van der Waals surface area contributed by atoms with Gasteiger partial charge in [0.15, 0.2) is 11.0 Å². The first-order valence-corrected chi connectivity index (χ1v) is 12.4. The van der Waals surface area contributed by atoms with Crippen molar-refractivity contribution in [2.45, 2.75) is 64.1 Å². The number of rotatable bonds is 9. The first-order valence-electron chi connectivity index (χ1n) is 11.4. The molecule has 0 aliphatic rings. The van der Waals surface area contributed by atoms with E-state index in [0.29, 0.717) is 17.6 Å². The Kier molecular flexibility index (Phi) is 8.14. The van der Waals surface area contributed by atoms with Crippen molar-refractivity contribution in [3.05, 3.63) is 72.3 Å². The number of anilines is 1. The largest absolute Gasteiger partial charge is 0.325 e. The standard InChI is InChI=1S/C27H34N4OS/c1-7-17-31-25(21-9-13-22(14-10-21)27(4,5)6)29-30-26(31)33-18-24(32)28-23-15-11-20(12-16-23)19(3)8-2/h7,9-16,19H,1,8,17-18H2,2-6H3,(H,28,32)/t19-/m0/s1. The maximum absolute atomic E-state index is 12.5. The van der Waals surface area contributed by atoms with Gasteiger partial charge in [-0.15, -0.1) is 16.8 Å². The van der Waals surface area contributed by atoms with E-state index in [0.717, 1.165) is 23.5 Å². The van der Waals surface area contributed by atoms with Crippen LogP contribution in [0.5, 0.6) is 0 Å². The molecule has 0 saturated heterocycles. The van der Waals surface area contributed by atoms with Crippen molar-refractivity contribution in [1.82, 2.24) is 14.8 Å². The fourth-order valence-electron chi connectivity index (χ4n) is 3.48. The van der Waals surface area contributed by atoms with Gasteiger partial charge in [-0.3, -0.25) is 9.36 Å². The summed E-state index contributed by atoms with van der Waals surface area (Å²) in [6, 6.07) is 16.5. The zero-order chi connectivity index (χ0) is 24.0. The second-order valence-corrected chi connectivity index (χ2v) is 10.2. The number of amides is 1. The van der Waals surface area contributed by atoms with E-state index in [9.17, 15) is 4.79 Å². The van der Waals surface area contributed by atoms with Crippen molar-refractivity contribution in [3.8, 4) is 11.4 Å². The van der Waals surface area contributed by atoms with Gasteiger partial charge in [0.25, 0.3) is 0 Å². The number of nitrogens with one attached hydrogen (secondary N) is 1. The van der Waals surface area contributed by atoms with E-state index in [4.69, 9.17) is 0 Å². The number of aromatic nitrogens is 3. The third kappa shape index (κ3) is 6.35. The van der Waals surface area contributed by atoms with Gasteiger partial charge in [-0.2, -0.15) is 0 Å². The van der Waals surface area contributed by atoms with Crippen LogP contribution in [0.3, 0.4) is 0 Å². The minimum atomic E-state index is -0.0690. The van der Waals surface area contributed by atoms with Gasteiger partial charge in [-0.25, -0.2) is 0 Å². The van der Waals surface area contributed by atoms with Crippen LogP contribution < -0.4 is 5.32 Å². The van der Waals surface area contributed by atoms with Crippen LogP contribution in [-0.2, 0) is 16.8 Å². The summed E-state index contributed by atoms with van der Waals surface area (Å²) in [5.41, 5.74) is 4.45. The lowest BCUT2D eigenvalue weighted by molar-refractivity contribution is -0.113. The average molecular weight is 463 g/mol. The number of nitrogens with zero attached hydrogens (tertiary/aromatic N) is 3. The van der Waals surface area contributed by atoms with E-state index >= 15 is 0 Å². The number of allylic oxidation sites excluding steroid dienone is 1. The average Bonchev–Trinajstić information content (AvgIpc) is 3.20. The Morgan fingerprint density at radius 1 is 1.12 bits per heavy atom. The Labute approximate surface area is 201 Å². The molecule has 0 saturated carbocycles. The van der Waals surface area contributed by atoms with Crippen molar-refractivity contribution >= 4 is 23.4 Å². The predicted molar refractivity (Wildman–Crippen MR) is 139 cm³/mol. The van der Waals surface area contributed by atoms with E-state index in [1.807, 2.05) is 22.8 Å². The zero-order valence-corrected chi connectivity index (χ0v) is 21.1. The molecule has 6 heteroatoms. The van der Waals surface area contributed by atoms with Gasteiger partial charge in [-0.05, 0) is 41.0 Å². The molecule has 1 N–H and O–H groups in total. The topological polar surface area (TPSA) is 59.8 Å². The summed E-state index contributed by atoms with van der Waals surface area (Å²) in [6.07, 6.45) is 2.91. The molecule has 33 heavy (non-hydrogen) atoms. The van der Waals surface area contributed by atoms with Gasteiger partial charge < -0.3 is 5.32 Å². The maximum Gasteiger partial charge on any atom is 0.234 e. The number of carbonyl (C=O) groups is 1. The number of carbonyl (C=O) groups excluding carboxylic acids is 1.